The largest absolute Gasteiger partial charge is 0.467 e. The number of aryl methyl sites for hydroxylation is 1. The zero-order valence-corrected chi connectivity index (χ0v) is 18.1. The van der Waals surface area contributed by atoms with E-state index in [0.29, 0.717) is 17.5 Å². The molecule has 0 saturated heterocycles. The van der Waals surface area contributed by atoms with Crippen LogP contribution in [0.3, 0.4) is 0 Å². The maximum absolute atomic E-state index is 12.9. The number of carbonyl (C=O) groups is 1. The predicted octanol–water partition coefficient (Wildman–Crippen LogP) is 5.00. The predicted molar refractivity (Wildman–Crippen MR) is 118 cm³/mol. The second kappa shape index (κ2) is 8.75. The maximum atomic E-state index is 12.9. The van der Waals surface area contributed by atoms with Gasteiger partial charge in [0.15, 0.2) is 16.8 Å². The van der Waals surface area contributed by atoms with E-state index in [1.165, 1.54) is 11.8 Å². The molecule has 0 unspecified atom stereocenters. The molecule has 0 atom stereocenters. The van der Waals surface area contributed by atoms with Gasteiger partial charge in [-0.1, -0.05) is 42.1 Å². The van der Waals surface area contributed by atoms with Gasteiger partial charge in [0.2, 0.25) is 0 Å². The molecule has 0 saturated carbocycles. The second-order valence-corrected chi connectivity index (χ2v) is 8.02. The summed E-state index contributed by atoms with van der Waals surface area (Å²) >= 11 is 1.41. The van der Waals surface area contributed by atoms with E-state index in [-0.39, 0.29) is 5.78 Å². The minimum absolute atomic E-state index is 0.0987. The Morgan fingerprint density at radius 3 is 2.53 bits per heavy atom. The first-order valence-corrected chi connectivity index (χ1v) is 10.9. The third kappa shape index (κ3) is 3.98. The van der Waals surface area contributed by atoms with Crippen molar-refractivity contribution in [2.75, 3.05) is 5.75 Å². The molecule has 3 aromatic heterocycles. The molecule has 0 amide bonds. The third-order valence-corrected chi connectivity index (χ3v) is 6.13. The Kier molecular flexibility index (Phi) is 5.90. The van der Waals surface area contributed by atoms with Gasteiger partial charge in [-0.2, -0.15) is 0 Å². The van der Waals surface area contributed by atoms with Crippen LogP contribution in [0.5, 0.6) is 0 Å². The Hall–Kier alpha value is -3.06. The zero-order valence-electron chi connectivity index (χ0n) is 17.3. The quantitative estimate of drug-likeness (QED) is 0.296. The van der Waals surface area contributed by atoms with Crippen molar-refractivity contribution in [1.82, 2.24) is 19.3 Å². The number of benzene rings is 1. The Morgan fingerprint density at radius 2 is 1.87 bits per heavy atom. The Labute approximate surface area is 179 Å². The number of Topliss-reactive ketones (excluding diaryl/α,β-unsaturated/α-hetero) is 1. The first kappa shape index (κ1) is 20.2. The Morgan fingerprint density at radius 1 is 1.07 bits per heavy atom. The van der Waals surface area contributed by atoms with Crippen LogP contribution in [0.1, 0.15) is 34.4 Å². The van der Waals surface area contributed by atoms with Gasteiger partial charge < -0.3 is 8.98 Å². The number of ketones is 1. The SMILES string of the molecule is CCn1c(C)cc(C(=O)CSc2nnc(-c3ccccc3)n2Cc2ccco2)c1C. The molecule has 0 fully saturated rings. The van der Waals surface area contributed by atoms with E-state index < -0.39 is 0 Å². The highest BCUT2D eigenvalue weighted by atomic mass is 32.2. The van der Waals surface area contributed by atoms with Gasteiger partial charge in [-0.05, 0) is 39.0 Å². The van der Waals surface area contributed by atoms with Gasteiger partial charge in [0, 0.05) is 29.1 Å². The molecule has 0 radical (unpaired) electrons. The molecule has 4 rings (SSSR count). The van der Waals surface area contributed by atoms with Crippen LogP contribution in [-0.4, -0.2) is 30.9 Å². The molecule has 0 aliphatic heterocycles. The molecule has 3 heterocycles. The summed E-state index contributed by atoms with van der Waals surface area (Å²) in [7, 11) is 0. The van der Waals surface area contributed by atoms with Gasteiger partial charge in [0.25, 0.3) is 0 Å². The van der Waals surface area contributed by atoms with Crippen molar-refractivity contribution in [3.8, 4) is 11.4 Å². The molecule has 0 spiro atoms. The lowest BCUT2D eigenvalue weighted by Gasteiger charge is -2.09. The summed E-state index contributed by atoms with van der Waals surface area (Å²) in [6.45, 7) is 7.49. The van der Waals surface area contributed by atoms with Gasteiger partial charge in [-0.25, -0.2) is 0 Å². The van der Waals surface area contributed by atoms with Crippen molar-refractivity contribution in [3.63, 3.8) is 0 Å². The first-order valence-electron chi connectivity index (χ1n) is 9.92. The highest BCUT2D eigenvalue weighted by Crippen LogP contribution is 2.26. The van der Waals surface area contributed by atoms with Gasteiger partial charge in [0.1, 0.15) is 5.76 Å². The number of furan rings is 1. The number of thioether (sulfide) groups is 1. The molecule has 0 aliphatic rings. The monoisotopic (exact) mass is 420 g/mol. The van der Waals surface area contributed by atoms with Gasteiger partial charge >= 0.3 is 0 Å². The molecular weight excluding hydrogens is 396 g/mol. The zero-order chi connectivity index (χ0) is 21.1. The highest BCUT2D eigenvalue weighted by Gasteiger charge is 2.19. The van der Waals surface area contributed by atoms with E-state index in [9.17, 15) is 4.79 Å². The van der Waals surface area contributed by atoms with Crippen LogP contribution < -0.4 is 0 Å². The van der Waals surface area contributed by atoms with Crippen LogP contribution >= 0.6 is 11.8 Å². The molecule has 0 aliphatic carbocycles. The van der Waals surface area contributed by atoms with Crippen LogP contribution in [-0.2, 0) is 13.1 Å². The van der Waals surface area contributed by atoms with Crippen LogP contribution in [0.2, 0.25) is 0 Å². The molecule has 7 heteroatoms. The van der Waals surface area contributed by atoms with Crippen molar-refractivity contribution in [2.45, 2.75) is 39.0 Å². The lowest BCUT2D eigenvalue weighted by molar-refractivity contribution is 0.102. The molecule has 30 heavy (non-hydrogen) atoms. The fraction of sp³-hybridized carbons (Fsp3) is 0.261. The van der Waals surface area contributed by atoms with Crippen LogP contribution in [0, 0.1) is 13.8 Å². The smallest absolute Gasteiger partial charge is 0.192 e. The second-order valence-electron chi connectivity index (χ2n) is 7.08. The molecule has 0 bridgehead atoms. The summed E-state index contributed by atoms with van der Waals surface area (Å²) in [6.07, 6.45) is 1.65. The van der Waals surface area contributed by atoms with E-state index >= 15 is 0 Å². The van der Waals surface area contributed by atoms with E-state index in [0.717, 1.165) is 40.6 Å². The van der Waals surface area contributed by atoms with E-state index in [4.69, 9.17) is 4.42 Å². The maximum Gasteiger partial charge on any atom is 0.192 e. The lowest BCUT2D eigenvalue weighted by atomic mass is 10.2. The van der Waals surface area contributed by atoms with Gasteiger partial charge in [-0.3, -0.25) is 9.36 Å². The number of aromatic nitrogens is 4. The van der Waals surface area contributed by atoms with Crippen molar-refractivity contribution in [1.29, 1.82) is 0 Å². The summed E-state index contributed by atoms with van der Waals surface area (Å²) in [5, 5.41) is 9.48. The molecule has 4 aromatic rings. The molecule has 0 N–H and O–H groups in total. The lowest BCUT2D eigenvalue weighted by Crippen LogP contribution is -2.08. The van der Waals surface area contributed by atoms with Crippen LogP contribution in [0.25, 0.3) is 11.4 Å². The topological polar surface area (TPSA) is 65.8 Å². The van der Waals surface area contributed by atoms with Gasteiger partial charge in [-0.15, -0.1) is 10.2 Å². The number of carbonyl (C=O) groups excluding carboxylic acids is 1. The summed E-state index contributed by atoms with van der Waals surface area (Å²) < 4.78 is 9.70. The Balaban J connectivity index is 1.59. The summed E-state index contributed by atoms with van der Waals surface area (Å²) in [4.78, 5) is 12.9. The van der Waals surface area contributed by atoms with Crippen molar-refractivity contribution >= 4 is 17.5 Å². The fourth-order valence-corrected chi connectivity index (χ4v) is 4.50. The normalized spacial score (nSPS) is 11.2. The fourth-order valence-electron chi connectivity index (χ4n) is 3.68. The van der Waals surface area contributed by atoms with Gasteiger partial charge in [0.05, 0.1) is 18.6 Å². The standard InChI is InChI=1S/C23H24N4O2S/c1-4-26-16(2)13-20(17(26)3)21(28)15-30-23-25-24-22(18-9-6-5-7-10-18)27(23)14-19-11-8-12-29-19/h5-13H,4,14-15H2,1-3H3. The Bertz CT molecular complexity index is 1140. The van der Waals surface area contributed by atoms with E-state index in [1.54, 1.807) is 6.26 Å². The van der Waals surface area contributed by atoms with Crippen molar-refractivity contribution in [2.24, 2.45) is 0 Å². The average molecular weight is 421 g/mol. The number of hydrogen-bond donors (Lipinski definition) is 0. The number of rotatable bonds is 8. The number of nitrogens with zero attached hydrogens (tertiary/aromatic N) is 4. The third-order valence-electron chi connectivity index (χ3n) is 5.17. The first-order chi connectivity index (χ1) is 14.6. The molecule has 1 aromatic carbocycles. The van der Waals surface area contributed by atoms with Crippen molar-refractivity contribution in [3.05, 3.63) is 77.5 Å². The molecule has 6 nitrogen and oxygen atoms in total. The minimum atomic E-state index is 0.0987. The molecular formula is C23H24N4O2S. The minimum Gasteiger partial charge on any atom is -0.467 e. The van der Waals surface area contributed by atoms with E-state index in [2.05, 4.69) is 21.7 Å². The van der Waals surface area contributed by atoms with Crippen LogP contribution in [0.15, 0.2) is 64.4 Å². The molecule has 154 valence electrons. The van der Waals surface area contributed by atoms with Crippen LogP contribution in [0.4, 0.5) is 0 Å². The summed E-state index contributed by atoms with van der Waals surface area (Å²) in [5.74, 6) is 1.97. The number of hydrogen-bond acceptors (Lipinski definition) is 5. The average Bonchev–Trinajstić information content (AvgIpc) is 3.47. The van der Waals surface area contributed by atoms with Crippen molar-refractivity contribution < 1.29 is 9.21 Å². The highest BCUT2D eigenvalue weighted by molar-refractivity contribution is 7.99. The van der Waals surface area contributed by atoms with E-state index in [1.807, 2.05) is 66.9 Å². The summed E-state index contributed by atoms with van der Waals surface area (Å²) in [6, 6.07) is 15.7. The summed E-state index contributed by atoms with van der Waals surface area (Å²) in [5.41, 5.74) is 3.88.